The van der Waals surface area contributed by atoms with Gasteiger partial charge in [-0.25, -0.2) is 0 Å². The maximum absolute atomic E-state index is 12.6. The van der Waals surface area contributed by atoms with E-state index in [9.17, 15) is 14.9 Å². The molecule has 0 spiro atoms. The minimum atomic E-state index is -0.435. The summed E-state index contributed by atoms with van der Waals surface area (Å²) in [6, 6.07) is 10.4. The molecule has 0 bridgehead atoms. The van der Waals surface area contributed by atoms with Crippen molar-refractivity contribution < 1.29 is 9.72 Å². The van der Waals surface area contributed by atoms with Crippen molar-refractivity contribution in [2.45, 2.75) is 25.3 Å². The maximum Gasteiger partial charge on any atom is 0.273 e. The van der Waals surface area contributed by atoms with Crippen LogP contribution in [0.5, 0.6) is 0 Å². The van der Waals surface area contributed by atoms with E-state index in [2.05, 4.69) is 4.98 Å². The Hall–Kier alpha value is -2.63. The largest absolute Gasteiger partial charge is 0.363 e. The zero-order valence-electron chi connectivity index (χ0n) is 12.1. The minimum absolute atomic E-state index is 0.00599. The molecule has 6 nitrogen and oxygen atoms in total. The lowest BCUT2D eigenvalue weighted by molar-refractivity contribution is -0.385. The summed E-state index contributed by atoms with van der Waals surface area (Å²) < 4.78 is 0. The number of nitrogens with zero attached hydrogens (tertiary/aromatic N) is 2. The number of benzene rings is 1. The van der Waals surface area contributed by atoms with Crippen molar-refractivity contribution in [1.29, 1.82) is 0 Å². The number of nitrogens with one attached hydrogen (secondary N) is 1. The zero-order chi connectivity index (χ0) is 15.5. The van der Waals surface area contributed by atoms with Gasteiger partial charge in [0.1, 0.15) is 0 Å². The van der Waals surface area contributed by atoms with Gasteiger partial charge < -0.3 is 9.88 Å². The number of amides is 1. The molecule has 2 heterocycles. The number of aromatic nitrogens is 1. The fourth-order valence-corrected chi connectivity index (χ4v) is 3.04. The van der Waals surface area contributed by atoms with Crippen LogP contribution in [0.3, 0.4) is 0 Å². The highest BCUT2D eigenvalue weighted by atomic mass is 16.6. The molecule has 2 aromatic rings. The Morgan fingerprint density at radius 3 is 2.86 bits per heavy atom. The van der Waals surface area contributed by atoms with Crippen LogP contribution >= 0.6 is 0 Å². The topological polar surface area (TPSA) is 79.2 Å². The monoisotopic (exact) mass is 299 g/mol. The van der Waals surface area contributed by atoms with E-state index in [1.165, 1.54) is 6.07 Å². The summed E-state index contributed by atoms with van der Waals surface area (Å²) in [5, 5.41) is 11.1. The molecule has 1 aromatic carbocycles. The molecule has 1 amide bonds. The lowest BCUT2D eigenvalue weighted by Crippen LogP contribution is -2.32. The molecule has 0 saturated carbocycles. The van der Waals surface area contributed by atoms with Gasteiger partial charge in [0, 0.05) is 30.1 Å². The number of hydrogen-bond acceptors (Lipinski definition) is 3. The standard InChI is InChI=1S/C16H17N3O3/c20-16(11-12-5-1-2-7-14(12)19(21)22)18-10-4-8-15(18)13-6-3-9-17-13/h1-3,5-7,9,15,17H,4,8,10-11H2/t15-/m0/s1. The van der Waals surface area contributed by atoms with Crippen LogP contribution in [-0.4, -0.2) is 27.3 Å². The first kappa shape index (κ1) is 14.3. The van der Waals surface area contributed by atoms with Crippen molar-refractivity contribution in [3.63, 3.8) is 0 Å². The van der Waals surface area contributed by atoms with Gasteiger partial charge in [-0.2, -0.15) is 0 Å². The highest BCUT2D eigenvalue weighted by Crippen LogP contribution is 2.32. The molecule has 1 fully saturated rings. The summed E-state index contributed by atoms with van der Waals surface area (Å²) in [6.45, 7) is 0.698. The first-order valence-electron chi connectivity index (χ1n) is 7.32. The number of likely N-dealkylation sites (tertiary alicyclic amines) is 1. The second-order valence-corrected chi connectivity index (χ2v) is 5.43. The Bertz CT molecular complexity index is 682. The van der Waals surface area contributed by atoms with Crippen LogP contribution in [0.4, 0.5) is 5.69 Å². The van der Waals surface area contributed by atoms with Crippen LogP contribution < -0.4 is 0 Å². The molecule has 3 rings (SSSR count). The van der Waals surface area contributed by atoms with Crippen LogP contribution in [0.15, 0.2) is 42.6 Å². The van der Waals surface area contributed by atoms with Crippen LogP contribution in [0.1, 0.15) is 30.1 Å². The Balaban J connectivity index is 1.79. The van der Waals surface area contributed by atoms with Crippen molar-refractivity contribution >= 4 is 11.6 Å². The van der Waals surface area contributed by atoms with Crippen molar-refractivity contribution in [3.8, 4) is 0 Å². The molecule has 1 N–H and O–H groups in total. The van der Waals surface area contributed by atoms with E-state index in [0.717, 1.165) is 18.5 Å². The fourth-order valence-electron chi connectivity index (χ4n) is 3.04. The Morgan fingerprint density at radius 2 is 2.14 bits per heavy atom. The summed E-state index contributed by atoms with van der Waals surface area (Å²) in [6.07, 6.45) is 3.78. The molecule has 0 radical (unpaired) electrons. The molecule has 1 saturated heterocycles. The van der Waals surface area contributed by atoms with Gasteiger partial charge in [-0.3, -0.25) is 14.9 Å². The fraction of sp³-hybridized carbons (Fsp3) is 0.312. The number of para-hydroxylation sites is 1. The van der Waals surface area contributed by atoms with Crippen molar-refractivity contribution in [3.05, 3.63) is 64.0 Å². The van der Waals surface area contributed by atoms with Gasteiger partial charge in [0.25, 0.3) is 5.69 Å². The predicted octanol–water partition coefficient (Wildman–Crippen LogP) is 2.83. The maximum atomic E-state index is 12.6. The van der Waals surface area contributed by atoms with Gasteiger partial charge in [-0.1, -0.05) is 18.2 Å². The third-order valence-corrected chi connectivity index (χ3v) is 4.08. The van der Waals surface area contributed by atoms with Gasteiger partial charge in [-0.15, -0.1) is 0 Å². The number of nitro groups is 1. The summed E-state index contributed by atoms with van der Waals surface area (Å²) >= 11 is 0. The number of carbonyl (C=O) groups is 1. The van der Waals surface area contributed by atoms with Gasteiger partial charge in [0.15, 0.2) is 0 Å². The second-order valence-electron chi connectivity index (χ2n) is 5.43. The molecule has 1 aliphatic heterocycles. The van der Waals surface area contributed by atoms with Gasteiger partial charge in [0.2, 0.25) is 5.91 Å². The minimum Gasteiger partial charge on any atom is -0.363 e. The van der Waals surface area contributed by atoms with Crippen LogP contribution in [0.25, 0.3) is 0 Å². The number of rotatable bonds is 4. The van der Waals surface area contributed by atoms with E-state index >= 15 is 0 Å². The van der Waals surface area contributed by atoms with Crippen LogP contribution in [0, 0.1) is 10.1 Å². The quantitative estimate of drug-likeness (QED) is 0.696. The van der Waals surface area contributed by atoms with E-state index < -0.39 is 4.92 Å². The van der Waals surface area contributed by atoms with Gasteiger partial charge >= 0.3 is 0 Å². The van der Waals surface area contributed by atoms with Crippen LogP contribution in [0.2, 0.25) is 0 Å². The number of hydrogen-bond donors (Lipinski definition) is 1. The lowest BCUT2D eigenvalue weighted by Gasteiger charge is -2.24. The second kappa shape index (κ2) is 6.01. The smallest absolute Gasteiger partial charge is 0.273 e. The summed E-state index contributed by atoms with van der Waals surface area (Å²) in [5.74, 6) is -0.0635. The lowest BCUT2D eigenvalue weighted by atomic mass is 10.1. The van der Waals surface area contributed by atoms with Gasteiger partial charge in [-0.05, 0) is 25.0 Å². The van der Waals surface area contributed by atoms with E-state index in [4.69, 9.17) is 0 Å². The van der Waals surface area contributed by atoms with E-state index in [0.29, 0.717) is 12.1 Å². The predicted molar refractivity (Wildman–Crippen MR) is 81.3 cm³/mol. The zero-order valence-corrected chi connectivity index (χ0v) is 12.1. The first-order chi connectivity index (χ1) is 10.7. The SMILES string of the molecule is O=C(Cc1ccccc1[N+](=O)[O-])N1CCC[C@H]1c1ccc[nH]1. The summed E-state index contributed by atoms with van der Waals surface area (Å²) in [4.78, 5) is 28.2. The van der Waals surface area contributed by atoms with Gasteiger partial charge in [0.05, 0.1) is 17.4 Å². The van der Waals surface area contributed by atoms with E-state index in [1.807, 2.05) is 23.2 Å². The third kappa shape index (κ3) is 2.72. The number of nitro benzene ring substituents is 1. The first-order valence-corrected chi connectivity index (χ1v) is 7.32. The molecule has 1 atom stereocenters. The molecule has 1 aliphatic rings. The normalized spacial score (nSPS) is 17.6. The Labute approximate surface area is 127 Å². The van der Waals surface area contributed by atoms with Crippen LogP contribution in [-0.2, 0) is 11.2 Å². The molecule has 114 valence electrons. The highest BCUT2D eigenvalue weighted by Gasteiger charge is 2.31. The third-order valence-electron chi connectivity index (χ3n) is 4.08. The van der Waals surface area contributed by atoms with E-state index in [-0.39, 0.29) is 24.1 Å². The average Bonchev–Trinajstić information content (AvgIpc) is 3.18. The summed E-state index contributed by atoms with van der Waals surface area (Å²) in [7, 11) is 0. The van der Waals surface area contributed by atoms with Crippen molar-refractivity contribution in [2.75, 3.05) is 6.54 Å². The summed E-state index contributed by atoms with van der Waals surface area (Å²) in [5.41, 5.74) is 1.49. The average molecular weight is 299 g/mol. The van der Waals surface area contributed by atoms with Crippen molar-refractivity contribution in [2.24, 2.45) is 0 Å². The Kier molecular flexibility index (Phi) is 3.91. The molecule has 6 heteroatoms. The molecule has 0 aliphatic carbocycles. The highest BCUT2D eigenvalue weighted by molar-refractivity contribution is 5.80. The molecular weight excluding hydrogens is 282 g/mol. The Morgan fingerprint density at radius 1 is 1.32 bits per heavy atom. The molecule has 0 unspecified atom stereocenters. The van der Waals surface area contributed by atoms with Crippen molar-refractivity contribution in [1.82, 2.24) is 9.88 Å². The molecule has 1 aromatic heterocycles. The van der Waals surface area contributed by atoms with E-state index in [1.54, 1.807) is 18.2 Å². The number of carbonyl (C=O) groups excluding carboxylic acids is 1. The number of H-pyrrole nitrogens is 1. The number of aromatic amines is 1. The molecular formula is C16H17N3O3. The molecule has 22 heavy (non-hydrogen) atoms.